The van der Waals surface area contributed by atoms with Crippen molar-refractivity contribution in [2.75, 3.05) is 13.2 Å². The highest BCUT2D eigenvalue weighted by Crippen LogP contribution is 2.35. The highest BCUT2D eigenvalue weighted by atomic mass is 19.1. The lowest BCUT2D eigenvalue weighted by atomic mass is 9.84. The molecule has 0 spiro atoms. The van der Waals surface area contributed by atoms with Gasteiger partial charge in [-0.25, -0.2) is 4.39 Å². The number of fused-ring (bicyclic) bond motifs is 1. The summed E-state index contributed by atoms with van der Waals surface area (Å²) in [6.07, 6.45) is 4.16. The molecule has 7 nitrogen and oxygen atoms in total. The van der Waals surface area contributed by atoms with Crippen LogP contribution >= 0.6 is 0 Å². The van der Waals surface area contributed by atoms with Crippen molar-refractivity contribution in [3.05, 3.63) is 75.0 Å². The first-order chi connectivity index (χ1) is 15.8. The van der Waals surface area contributed by atoms with Crippen molar-refractivity contribution in [1.82, 2.24) is 9.55 Å². The molecule has 2 aromatic heterocycles. The van der Waals surface area contributed by atoms with Crippen molar-refractivity contribution in [3.63, 3.8) is 0 Å². The van der Waals surface area contributed by atoms with Gasteiger partial charge in [0.2, 0.25) is 0 Å². The molecule has 33 heavy (non-hydrogen) atoms. The number of aromatic nitrogens is 2. The molecule has 1 fully saturated rings. The van der Waals surface area contributed by atoms with E-state index in [1.165, 1.54) is 12.1 Å². The zero-order valence-electron chi connectivity index (χ0n) is 18.5. The molecule has 1 amide bonds. The summed E-state index contributed by atoms with van der Waals surface area (Å²) in [6, 6.07) is 8.05. The Hall–Kier alpha value is -3.10. The molecule has 1 saturated carbocycles. The molecule has 2 atom stereocenters. The summed E-state index contributed by atoms with van der Waals surface area (Å²) < 4.78 is 14.8. The van der Waals surface area contributed by atoms with Crippen molar-refractivity contribution in [3.8, 4) is 0 Å². The quantitative estimate of drug-likeness (QED) is 0.460. The molecule has 0 bridgehead atoms. The van der Waals surface area contributed by atoms with Crippen LogP contribution in [-0.2, 0) is 13.0 Å². The van der Waals surface area contributed by atoms with E-state index < -0.39 is 23.3 Å². The van der Waals surface area contributed by atoms with Gasteiger partial charge in [-0.05, 0) is 60.4 Å². The van der Waals surface area contributed by atoms with E-state index in [1.807, 2.05) is 6.07 Å². The van der Waals surface area contributed by atoms with Crippen LogP contribution in [0.2, 0.25) is 0 Å². The Kier molecular flexibility index (Phi) is 6.58. The number of rotatable bonds is 9. The number of nitrogens with two attached hydrogens (primary N) is 1. The Labute approximate surface area is 190 Å². The predicted octanol–water partition coefficient (Wildman–Crippen LogP) is 2.34. The molecule has 2 heterocycles. The monoisotopic (exact) mass is 453 g/mol. The number of aliphatic hydroxyl groups is 2. The van der Waals surface area contributed by atoms with Gasteiger partial charge in [-0.3, -0.25) is 14.6 Å². The maximum Gasteiger partial charge on any atom is 0.264 e. The van der Waals surface area contributed by atoms with Crippen molar-refractivity contribution < 1.29 is 19.4 Å². The fourth-order valence-electron chi connectivity index (χ4n) is 4.34. The van der Waals surface area contributed by atoms with E-state index in [9.17, 15) is 24.2 Å². The van der Waals surface area contributed by atoms with Gasteiger partial charge >= 0.3 is 0 Å². The number of amides is 1. The molecule has 1 aromatic carbocycles. The highest BCUT2D eigenvalue weighted by molar-refractivity contribution is 5.98. The second-order valence-electron chi connectivity index (χ2n) is 8.98. The first-order valence-corrected chi connectivity index (χ1v) is 11.1. The average Bonchev–Trinajstić information content (AvgIpc) is 3.62. The standard InChI is InChI=1S/C25H28FN3O4/c1-14(12-30)19(13-31)21-22(24(27)32)25(33)29(11-16-2-3-16)20-9-17(10-28-23(20)21)8-15-4-6-18(26)7-5-15/h4-7,9-10,14,16,19,30-31H,2-3,8,11-13H2,1H3,(H2,27,32). The van der Waals surface area contributed by atoms with Gasteiger partial charge in [-0.1, -0.05) is 19.1 Å². The lowest BCUT2D eigenvalue weighted by molar-refractivity contribution is 0.0994. The second kappa shape index (κ2) is 9.41. The van der Waals surface area contributed by atoms with E-state index in [1.54, 1.807) is 29.8 Å². The number of halogens is 1. The molecular weight excluding hydrogens is 425 g/mol. The molecule has 1 aliphatic carbocycles. The second-order valence-corrected chi connectivity index (χ2v) is 8.98. The van der Waals surface area contributed by atoms with Crippen molar-refractivity contribution in [2.45, 2.75) is 38.6 Å². The van der Waals surface area contributed by atoms with Crippen LogP contribution in [0, 0.1) is 17.7 Å². The zero-order chi connectivity index (χ0) is 23.7. The van der Waals surface area contributed by atoms with Gasteiger partial charge in [0.25, 0.3) is 11.5 Å². The van der Waals surface area contributed by atoms with Crippen LogP contribution in [-0.4, -0.2) is 38.9 Å². The van der Waals surface area contributed by atoms with Crippen LogP contribution < -0.4 is 11.3 Å². The number of benzene rings is 1. The van der Waals surface area contributed by atoms with E-state index in [4.69, 9.17) is 5.73 Å². The van der Waals surface area contributed by atoms with Crippen molar-refractivity contribution in [1.29, 1.82) is 0 Å². The molecule has 1 aliphatic rings. The summed E-state index contributed by atoms with van der Waals surface area (Å²) in [4.78, 5) is 30.5. The number of carbonyl (C=O) groups is 1. The van der Waals surface area contributed by atoms with E-state index in [2.05, 4.69) is 4.98 Å². The van der Waals surface area contributed by atoms with Crippen LogP contribution in [0.25, 0.3) is 11.0 Å². The van der Waals surface area contributed by atoms with Gasteiger partial charge in [-0.15, -0.1) is 0 Å². The fourth-order valence-corrected chi connectivity index (χ4v) is 4.34. The summed E-state index contributed by atoms with van der Waals surface area (Å²) in [6.45, 7) is 1.58. The number of aliphatic hydroxyl groups excluding tert-OH is 2. The van der Waals surface area contributed by atoms with E-state index >= 15 is 0 Å². The van der Waals surface area contributed by atoms with Crippen LogP contribution in [0.3, 0.4) is 0 Å². The summed E-state index contributed by atoms with van der Waals surface area (Å²) in [7, 11) is 0. The third kappa shape index (κ3) is 4.67. The van der Waals surface area contributed by atoms with Crippen LogP contribution in [0.15, 0.2) is 41.3 Å². The molecule has 8 heteroatoms. The largest absolute Gasteiger partial charge is 0.396 e. The van der Waals surface area contributed by atoms with E-state index in [0.717, 1.165) is 24.0 Å². The normalized spacial score (nSPS) is 15.5. The Morgan fingerprint density at radius 1 is 1.21 bits per heavy atom. The zero-order valence-corrected chi connectivity index (χ0v) is 18.5. The Bertz CT molecular complexity index is 1240. The first-order valence-electron chi connectivity index (χ1n) is 11.1. The third-order valence-corrected chi connectivity index (χ3v) is 6.45. The molecule has 0 aliphatic heterocycles. The maximum absolute atomic E-state index is 13.5. The molecule has 3 aromatic rings. The lowest BCUT2D eigenvalue weighted by Crippen LogP contribution is -2.35. The number of hydrogen-bond acceptors (Lipinski definition) is 5. The minimum Gasteiger partial charge on any atom is -0.396 e. The number of pyridine rings is 2. The average molecular weight is 454 g/mol. The smallest absolute Gasteiger partial charge is 0.264 e. The van der Waals surface area contributed by atoms with Crippen LogP contribution in [0.1, 0.15) is 52.7 Å². The van der Waals surface area contributed by atoms with Crippen LogP contribution in [0.4, 0.5) is 4.39 Å². The Morgan fingerprint density at radius 2 is 1.91 bits per heavy atom. The topological polar surface area (TPSA) is 118 Å². The van der Waals surface area contributed by atoms with Crippen LogP contribution in [0.5, 0.6) is 0 Å². The summed E-state index contributed by atoms with van der Waals surface area (Å²) in [5, 5.41) is 19.8. The summed E-state index contributed by atoms with van der Waals surface area (Å²) in [5.74, 6) is -1.94. The van der Waals surface area contributed by atoms with Gasteiger partial charge in [0, 0.05) is 30.8 Å². The van der Waals surface area contributed by atoms with E-state index in [-0.39, 0.29) is 30.2 Å². The summed E-state index contributed by atoms with van der Waals surface area (Å²) >= 11 is 0. The number of primary amides is 1. The first kappa shape index (κ1) is 23.1. The lowest BCUT2D eigenvalue weighted by Gasteiger charge is -2.25. The molecular formula is C25H28FN3O4. The summed E-state index contributed by atoms with van der Waals surface area (Å²) in [5.41, 5.74) is 7.96. The highest BCUT2D eigenvalue weighted by Gasteiger charge is 2.31. The third-order valence-electron chi connectivity index (χ3n) is 6.45. The maximum atomic E-state index is 13.5. The van der Waals surface area contributed by atoms with Gasteiger partial charge in [0.1, 0.15) is 11.4 Å². The Balaban J connectivity index is 1.95. The predicted molar refractivity (Wildman–Crippen MR) is 123 cm³/mol. The Morgan fingerprint density at radius 3 is 2.48 bits per heavy atom. The van der Waals surface area contributed by atoms with Crippen molar-refractivity contribution >= 4 is 16.9 Å². The molecule has 0 saturated heterocycles. The van der Waals surface area contributed by atoms with E-state index in [0.29, 0.717) is 29.9 Å². The minimum absolute atomic E-state index is 0.179. The van der Waals surface area contributed by atoms with Gasteiger partial charge in [-0.2, -0.15) is 0 Å². The minimum atomic E-state index is -0.873. The number of hydrogen-bond donors (Lipinski definition) is 3. The van der Waals surface area contributed by atoms with Gasteiger partial charge < -0.3 is 20.5 Å². The van der Waals surface area contributed by atoms with Gasteiger partial charge in [0.15, 0.2) is 0 Å². The fraction of sp³-hybridized carbons (Fsp3) is 0.400. The van der Waals surface area contributed by atoms with Crippen molar-refractivity contribution in [2.24, 2.45) is 17.6 Å². The SMILES string of the molecule is CC(CO)C(CO)c1c(C(N)=O)c(=O)n(CC2CC2)c2cc(Cc3ccc(F)cc3)cnc12. The molecule has 174 valence electrons. The molecule has 0 radical (unpaired) electrons. The number of carbonyl (C=O) groups excluding carboxylic acids is 1. The molecule has 2 unspecified atom stereocenters. The van der Waals surface area contributed by atoms with Gasteiger partial charge in [0.05, 0.1) is 17.6 Å². The molecule has 4 N–H and O–H groups in total. The number of nitrogens with zero attached hydrogens (tertiary/aromatic N) is 2. The molecule has 4 rings (SSSR count).